The quantitative estimate of drug-likeness (QED) is 0.585. The predicted molar refractivity (Wildman–Crippen MR) is 127 cm³/mol. The lowest BCUT2D eigenvalue weighted by Gasteiger charge is -2.35. The van der Waals surface area contributed by atoms with E-state index in [1.165, 1.54) is 23.6 Å². The molecule has 2 aromatic carbocycles. The molecule has 0 spiro atoms. The van der Waals surface area contributed by atoms with E-state index in [2.05, 4.69) is 5.32 Å². The number of nitrogens with zero attached hydrogens (tertiary/aromatic N) is 1. The predicted octanol–water partition coefficient (Wildman–Crippen LogP) is 2.53. The first-order valence-corrected chi connectivity index (χ1v) is 13.9. The van der Waals surface area contributed by atoms with Crippen LogP contribution >= 0.6 is 0 Å². The van der Waals surface area contributed by atoms with Crippen LogP contribution in [-0.2, 0) is 24.7 Å². The number of halogens is 1. The van der Waals surface area contributed by atoms with E-state index in [0.717, 1.165) is 11.7 Å². The van der Waals surface area contributed by atoms with E-state index in [1.807, 2.05) is 6.07 Å². The molecule has 0 aliphatic carbocycles. The van der Waals surface area contributed by atoms with E-state index in [-0.39, 0.29) is 37.4 Å². The third-order valence-corrected chi connectivity index (χ3v) is 8.18. The van der Waals surface area contributed by atoms with Crippen LogP contribution in [0.2, 0.25) is 0 Å². The third-order valence-electron chi connectivity index (χ3n) is 5.54. The molecule has 1 saturated heterocycles. The van der Waals surface area contributed by atoms with E-state index >= 15 is 4.39 Å². The van der Waals surface area contributed by atoms with Crippen LogP contribution in [0.3, 0.4) is 0 Å². The molecular formula is C23H27FN2O6S2. The van der Waals surface area contributed by atoms with Gasteiger partial charge in [-0.05, 0) is 23.8 Å². The lowest BCUT2D eigenvalue weighted by molar-refractivity contribution is -0.135. The fourth-order valence-corrected chi connectivity index (χ4v) is 5.77. The Morgan fingerprint density at radius 3 is 2.35 bits per heavy atom. The Hall–Kier alpha value is -2.76. The minimum absolute atomic E-state index is 0.0706. The smallest absolute Gasteiger partial charge is 0.258 e. The third kappa shape index (κ3) is 6.02. The second kappa shape index (κ2) is 10.2. The molecule has 1 amide bonds. The summed E-state index contributed by atoms with van der Waals surface area (Å²) in [5.74, 6) is -0.391. The largest absolute Gasteiger partial charge is 0.497 e. The van der Waals surface area contributed by atoms with Crippen LogP contribution in [-0.4, -0.2) is 65.7 Å². The summed E-state index contributed by atoms with van der Waals surface area (Å²) >= 11 is 0. The van der Waals surface area contributed by atoms with Gasteiger partial charge in [0.15, 0.2) is 15.5 Å². The van der Waals surface area contributed by atoms with Gasteiger partial charge in [-0.3, -0.25) is 4.79 Å². The average Bonchev–Trinajstić information content (AvgIpc) is 2.81. The van der Waals surface area contributed by atoms with Crippen LogP contribution in [0.1, 0.15) is 12.8 Å². The molecule has 0 radical (unpaired) electrons. The number of carbonyl (C=O) groups excluding carboxylic acids is 1. The number of rotatable bonds is 8. The molecule has 184 valence electrons. The van der Waals surface area contributed by atoms with Gasteiger partial charge in [0.2, 0.25) is 10.0 Å². The maximum Gasteiger partial charge on any atom is 0.258 e. The molecule has 3 rings (SSSR count). The number of methoxy groups -OCH3 is 1. The summed E-state index contributed by atoms with van der Waals surface area (Å²) in [6, 6.07) is 13.7. The molecule has 0 bridgehead atoms. The summed E-state index contributed by atoms with van der Waals surface area (Å²) in [4.78, 5) is 12.4. The molecule has 0 atom stereocenters. The number of sulfone groups is 1. The normalized spacial score (nSPS) is 16.9. The Bertz CT molecular complexity index is 1270. The van der Waals surface area contributed by atoms with Crippen molar-refractivity contribution in [1.82, 2.24) is 9.62 Å². The topological polar surface area (TPSA) is 110 Å². The fourth-order valence-electron chi connectivity index (χ4n) is 3.68. The first-order valence-electron chi connectivity index (χ1n) is 10.5. The number of nitrogens with one attached hydrogen (secondary N) is 1. The number of carbonyl (C=O) groups is 1. The number of piperidine rings is 1. The maximum atomic E-state index is 15.2. The molecule has 1 aliphatic heterocycles. The highest BCUT2D eigenvalue weighted by Gasteiger charge is 2.44. The molecule has 2 aromatic rings. The second-order valence-corrected chi connectivity index (χ2v) is 11.8. The zero-order valence-corrected chi connectivity index (χ0v) is 20.5. The summed E-state index contributed by atoms with van der Waals surface area (Å²) in [5.41, 5.74) is -1.08. The van der Waals surface area contributed by atoms with Crippen molar-refractivity contribution in [2.75, 3.05) is 33.0 Å². The summed E-state index contributed by atoms with van der Waals surface area (Å²) < 4.78 is 70.8. The van der Waals surface area contributed by atoms with Crippen LogP contribution in [0, 0.1) is 0 Å². The van der Waals surface area contributed by atoms with Gasteiger partial charge in [-0.2, -0.15) is 4.31 Å². The molecule has 0 saturated carbocycles. The Kier molecular flexibility index (Phi) is 7.79. The number of sulfonamides is 1. The Balaban J connectivity index is 1.76. The van der Waals surface area contributed by atoms with Crippen LogP contribution < -0.4 is 10.1 Å². The van der Waals surface area contributed by atoms with E-state index in [9.17, 15) is 21.6 Å². The van der Waals surface area contributed by atoms with Crippen molar-refractivity contribution in [2.45, 2.75) is 23.4 Å². The molecule has 34 heavy (non-hydrogen) atoms. The van der Waals surface area contributed by atoms with Crippen molar-refractivity contribution < 1.29 is 30.8 Å². The van der Waals surface area contributed by atoms with E-state index in [4.69, 9.17) is 4.74 Å². The van der Waals surface area contributed by atoms with Crippen LogP contribution in [0.25, 0.3) is 11.1 Å². The van der Waals surface area contributed by atoms with E-state index in [0.29, 0.717) is 16.9 Å². The van der Waals surface area contributed by atoms with Crippen molar-refractivity contribution in [1.29, 1.82) is 0 Å². The number of amides is 1. The molecule has 1 heterocycles. The van der Waals surface area contributed by atoms with E-state index in [1.54, 1.807) is 36.4 Å². The molecule has 8 nitrogen and oxygen atoms in total. The van der Waals surface area contributed by atoms with Crippen LogP contribution in [0.4, 0.5) is 4.39 Å². The van der Waals surface area contributed by atoms with Gasteiger partial charge in [0.1, 0.15) is 5.75 Å². The Morgan fingerprint density at radius 2 is 1.76 bits per heavy atom. The summed E-state index contributed by atoms with van der Waals surface area (Å²) in [5, 5.41) is 3.27. The average molecular weight is 511 g/mol. The Labute approximate surface area is 199 Å². The molecule has 11 heteroatoms. The number of benzene rings is 2. The van der Waals surface area contributed by atoms with Crippen LogP contribution in [0.15, 0.2) is 64.9 Å². The van der Waals surface area contributed by atoms with Crippen LogP contribution in [0.5, 0.6) is 5.75 Å². The van der Waals surface area contributed by atoms with Crippen molar-refractivity contribution in [3.05, 3.63) is 60.0 Å². The number of ether oxygens (including phenoxy) is 1. The van der Waals surface area contributed by atoms with Gasteiger partial charge in [0.25, 0.3) is 5.91 Å². The monoisotopic (exact) mass is 510 g/mol. The van der Waals surface area contributed by atoms with Gasteiger partial charge in [-0.1, -0.05) is 36.4 Å². The van der Waals surface area contributed by atoms with Gasteiger partial charge in [0.05, 0.1) is 12.0 Å². The van der Waals surface area contributed by atoms with E-state index < -0.39 is 31.4 Å². The highest BCUT2D eigenvalue weighted by Crippen LogP contribution is 2.35. The van der Waals surface area contributed by atoms with Crippen molar-refractivity contribution in [3.63, 3.8) is 0 Å². The minimum atomic E-state index is -3.98. The van der Waals surface area contributed by atoms with Crippen molar-refractivity contribution in [2.24, 2.45) is 0 Å². The summed E-state index contributed by atoms with van der Waals surface area (Å²) in [6.45, 7) is -0.497. The summed E-state index contributed by atoms with van der Waals surface area (Å²) in [7, 11) is -5.83. The molecule has 1 N–H and O–H groups in total. The first kappa shape index (κ1) is 25.9. The highest BCUT2D eigenvalue weighted by molar-refractivity contribution is 7.93. The Morgan fingerprint density at radius 1 is 1.12 bits per heavy atom. The van der Waals surface area contributed by atoms with Gasteiger partial charge < -0.3 is 10.1 Å². The van der Waals surface area contributed by atoms with Crippen molar-refractivity contribution in [3.8, 4) is 16.9 Å². The SMILES string of the molecule is COc1ccc(S(=O)(=O)N2CCC(F)(C(=O)NC/C=C/S(C)(=O)=O)CC2)c(-c2ccccc2)c1. The number of alkyl halides is 1. The lowest BCUT2D eigenvalue weighted by Crippen LogP contribution is -2.52. The van der Waals surface area contributed by atoms with Gasteiger partial charge in [0, 0.05) is 49.7 Å². The highest BCUT2D eigenvalue weighted by atomic mass is 32.2. The zero-order valence-electron chi connectivity index (χ0n) is 18.9. The first-order chi connectivity index (χ1) is 16.0. The summed E-state index contributed by atoms with van der Waals surface area (Å²) in [6.07, 6.45) is 1.59. The molecule has 0 unspecified atom stereocenters. The maximum absolute atomic E-state index is 15.2. The van der Waals surface area contributed by atoms with Gasteiger partial charge in [-0.25, -0.2) is 21.2 Å². The minimum Gasteiger partial charge on any atom is -0.497 e. The molecular weight excluding hydrogens is 483 g/mol. The molecule has 0 aromatic heterocycles. The fraction of sp³-hybridized carbons (Fsp3) is 0.348. The molecule has 1 aliphatic rings. The zero-order chi connectivity index (χ0) is 25.0. The van der Waals surface area contributed by atoms with Gasteiger partial charge in [-0.15, -0.1) is 0 Å². The number of hydrogen-bond acceptors (Lipinski definition) is 6. The standard InChI is InChI=1S/C23H27FN2O6S2/c1-32-19-9-10-21(20(17-19)18-7-4-3-5-8-18)34(30,31)26-14-11-23(24,12-15-26)22(27)25-13-6-16-33(2,28)29/h3-10,16-17H,11-15H2,1-2H3,(H,25,27)/b16-6+. The lowest BCUT2D eigenvalue weighted by atomic mass is 9.93. The van der Waals surface area contributed by atoms with Gasteiger partial charge >= 0.3 is 0 Å². The number of hydrogen-bond donors (Lipinski definition) is 1. The molecule has 1 fully saturated rings. The van der Waals surface area contributed by atoms with Crippen molar-refractivity contribution >= 4 is 25.8 Å². The second-order valence-electron chi connectivity index (χ2n) is 8.01.